The average Bonchev–Trinajstić information content (AvgIpc) is 2.28. The van der Waals surface area contributed by atoms with E-state index in [0.717, 1.165) is 6.42 Å². The molecule has 0 aliphatic carbocycles. The van der Waals surface area contributed by atoms with Gasteiger partial charge in [-0.1, -0.05) is 58.9 Å². The summed E-state index contributed by atoms with van der Waals surface area (Å²) < 4.78 is 0. The quantitative estimate of drug-likeness (QED) is 0.804. The second-order valence-corrected chi connectivity index (χ2v) is 6.25. The van der Waals surface area contributed by atoms with E-state index in [1.54, 1.807) is 0 Å². The van der Waals surface area contributed by atoms with E-state index in [0.29, 0.717) is 11.8 Å². The topological polar surface area (TPSA) is 20.2 Å². The smallest absolute Gasteiger partial charge is 0.0482 e. The third kappa shape index (κ3) is 4.16. The molecule has 1 aromatic rings. The molecule has 0 amide bonds. The predicted molar refractivity (Wildman–Crippen MR) is 74.4 cm³/mol. The summed E-state index contributed by atoms with van der Waals surface area (Å²) in [6.45, 7) is 11.2. The van der Waals surface area contributed by atoms with Crippen LogP contribution >= 0.6 is 0 Å². The Kier molecular flexibility index (Phi) is 4.76. The largest absolute Gasteiger partial charge is 0.396 e. The molecule has 17 heavy (non-hydrogen) atoms. The van der Waals surface area contributed by atoms with Crippen molar-refractivity contribution in [3.8, 4) is 0 Å². The number of hydrogen-bond donors (Lipinski definition) is 1. The maximum Gasteiger partial charge on any atom is 0.0482 e. The standard InChI is InChI=1S/C16H26O/c1-12(2)14-7-6-8-15(9-14)13(3)10-16(4,5)11-17/h6-9,12-13,17H,10-11H2,1-5H3. The summed E-state index contributed by atoms with van der Waals surface area (Å²) in [5, 5.41) is 9.33. The Morgan fingerprint density at radius 3 is 2.24 bits per heavy atom. The molecule has 1 aromatic carbocycles. The highest BCUT2D eigenvalue weighted by Gasteiger charge is 2.21. The molecular formula is C16H26O. The molecule has 0 aromatic heterocycles. The SMILES string of the molecule is CC(C)c1cccc(C(C)CC(C)(C)CO)c1. The van der Waals surface area contributed by atoms with E-state index in [1.165, 1.54) is 11.1 Å². The molecule has 0 fully saturated rings. The fourth-order valence-corrected chi connectivity index (χ4v) is 2.24. The first-order valence-corrected chi connectivity index (χ1v) is 6.56. The van der Waals surface area contributed by atoms with E-state index < -0.39 is 0 Å². The molecule has 1 atom stereocenters. The second kappa shape index (κ2) is 5.68. The van der Waals surface area contributed by atoms with Crippen LogP contribution in [0.2, 0.25) is 0 Å². The molecule has 1 unspecified atom stereocenters. The van der Waals surface area contributed by atoms with E-state index >= 15 is 0 Å². The van der Waals surface area contributed by atoms with Crippen molar-refractivity contribution in [1.82, 2.24) is 0 Å². The Hall–Kier alpha value is -0.820. The molecule has 0 aliphatic heterocycles. The summed E-state index contributed by atoms with van der Waals surface area (Å²) in [4.78, 5) is 0. The highest BCUT2D eigenvalue weighted by atomic mass is 16.3. The van der Waals surface area contributed by atoms with E-state index in [2.05, 4.69) is 58.9 Å². The second-order valence-electron chi connectivity index (χ2n) is 6.25. The van der Waals surface area contributed by atoms with Gasteiger partial charge in [0, 0.05) is 6.61 Å². The molecule has 0 saturated heterocycles. The summed E-state index contributed by atoms with van der Waals surface area (Å²) in [6.07, 6.45) is 1.02. The Bertz CT molecular complexity index is 352. The van der Waals surface area contributed by atoms with Crippen LogP contribution in [0.15, 0.2) is 24.3 Å². The minimum absolute atomic E-state index is 0.00719. The first kappa shape index (κ1) is 14.2. The number of benzene rings is 1. The molecule has 1 heteroatoms. The molecular weight excluding hydrogens is 208 g/mol. The van der Waals surface area contributed by atoms with Crippen molar-refractivity contribution in [2.75, 3.05) is 6.61 Å². The van der Waals surface area contributed by atoms with Crippen molar-refractivity contribution in [1.29, 1.82) is 0 Å². The van der Waals surface area contributed by atoms with Crippen LogP contribution in [0.1, 0.15) is 64.0 Å². The summed E-state index contributed by atoms with van der Waals surface area (Å²) in [7, 11) is 0. The lowest BCUT2D eigenvalue weighted by molar-refractivity contribution is 0.143. The number of rotatable bonds is 5. The first-order chi connectivity index (χ1) is 7.85. The Labute approximate surface area is 106 Å². The van der Waals surface area contributed by atoms with Gasteiger partial charge in [0.25, 0.3) is 0 Å². The molecule has 0 heterocycles. The van der Waals surface area contributed by atoms with Gasteiger partial charge in [-0.15, -0.1) is 0 Å². The van der Waals surface area contributed by atoms with Crippen LogP contribution in [0.4, 0.5) is 0 Å². The van der Waals surface area contributed by atoms with Crippen LogP contribution in [-0.2, 0) is 0 Å². The molecule has 0 aliphatic rings. The fourth-order valence-electron chi connectivity index (χ4n) is 2.24. The normalized spacial score (nSPS) is 14.1. The molecule has 0 saturated carbocycles. The van der Waals surface area contributed by atoms with Crippen LogP contribution in [0.5, 0.6) is 0 Å². The van der Waals surface area contributed by atoms with Gasteiger partial charge in [-0.05, 0) is 34.8 Å². The minimum Gasteiger partial charge on any atom is -0.396 e. The molecule has 0 radical (unpaired) electrons. The van der Waals surface area contributed by atoms with Gasteiger partial charge in [0.15, 0.2) is 0 Å². The Morgan fingerprint density at radius 2 is 1.71 bits per heavy atom. The minimum atomic E-state index is 0.00719. The van der Waals surface area contributed by atoms with Crippen LogP contribution in [-0.4, -0.2) is 11.7 Å². The number of aliphatic hydroxyl groups excluding tert-OH is 1. The lowest BCUT2D eigenvalue weighted by atomic mass is 9.81. The summed E-state index contributed by atoms with van der Waals surface area (Å²) in [5.74, 6) is 1.07. The van der Waals surface area contributed by atoms with Crippen molar-refractivity contribution in [2.45, 2.75) is 52.9 Å². The zero-order valence-corrected chi connectivity index (χ0v) is 11.8. The Morgan fingerprint density at radius 1 is 1.12 bits per heavy atom. The number of hydrogen-bond acceptors (Lipinski definition) is 1. The van der Waals surface area contributed by atoms with Gasteiger partial charge in [0.05, 0.1) is 0 Å². The maximum atomic E-state index is 9.33. The molecule has 96 valence electrons. The van der Waals surface area contributed by atoms with Gasteiger partial charge in [-0.3, -0.25) is 0 Å². The van der Waals surface area contributed by atoms with E-state index in [-0.39, 0.29) is 12.0 Å². The average molecular weight is 234 g/mol. The highest BCUT2D eigenvalue weighted by molar-refractivity contribution is 5.28. The zero-order valence-electron chi connectivity index (χ0n) is 11.8. The van der Waals surface area contributed by atoms with Crippen LogP contribution in [0, 0.1) is 5.41 Å². The molecule has 1 N–H and O–H groups in total. The monoisotopic (exact) mass is 234 g/mol. The number of aliphatic hydroxyl groups is 1. The summed E-state index contributed by atoms with van der Waals surface area (Å²) in [5.41, 5.74) is 2.79. The predicted octanol–water partition coefficient (Wildman–Crippen LogP) is 4.32. The summed E-state index contributed by atoms with van der Waals surface area (Å²) in [6, 6.07) is 8.85. The van der Waals surface area contributed by atoms with E-state index in [1.807, 2.05) is 0 Å². The van der Waals surface area contributed by atoms with Crippen molar-refractivity contribution < 1.29 is 5.11 Å². The Balaban J connectivity index is 2.82. The van der Waals surface area contributed by atoms with Gasteiger partial charge < -0.3 is 5.11 Å². The van der Waals surface area contributed by atoms with Crippen molar-refractivity contribution in [3.63, 3.8) is 0 Å². The molecule has 0 bridgehead atoms. The van der Waals surface area contributed by atoms with Gasteiger partial charge in [0.2, 0.25) is 0 Å². The first-order valence-electron chi connectivity index (χ1n) is 6.56. The van der Waals surface area contributed by atoms with Crippen LogP contribution in [0.3, 0.4) is 0 Å². The van der Waals surface area contributed by atoms with E-state index in [4.69, 9.17) is 0 Å². The van der Waals surface area contributed by atoms with Crippen molar-refractivity contribution >= 4 is 0 Å². The molecule has 1 nitrogen and oxygen atoms in total. The van der Waals surface area contributed by atoms with Crippen molar-refractivity contribution in [2.24, 2.45) is 5.41 Å². The molecule has 0 spiro atoms. The maximum absolute atomic E-state index is 9.33. The van der Waals surface area contributed by atoms with Gasteiger partial charge in [-0.25, -0.2) is 0 Å². The fraction of sp³-hybridized carbons (Fsp3) is 0.625. The molecule has 1 rings (SSSR count). The van der Waals surface area contributed by atoms with Gasteiger partial charge in [-0.2, -0.15) is 0 Å². The van der Waals surface area contributed by atoms with Gasteiger partial charge in [0.1, 0.15) is 0 Å². The lowest BCUT2D eigenvalue weighted by Gasteiger charge is -2.26. The van der Waals surface area contributed by atoms with E-state index in [9.17, 15) is 5.11 Å². The third-order valence-electron chi connectivity index (χ3n) is 3.43. The van der Waals surface area contributed by atoms with Crippen molar-refractivity contribution in [3.05, 3.63) is 35.4 Å². The highest BCUT2D eigenvalue weighted by Crippen LogP contribution is 2.31. The zero-order chi connectivity index (χ0) is 13.1. The lowest BCUT2D eigenvalue weighted by Crippen LogP contribution is -2.19. The van der Waals surface area contributed by atoms with Crippen LogP contribution in [0.25, 0.3) is 0 Å². The summed E-state index contributed by atoms with van der Waals surface area (Å²) >= 11 is 0. The third-order valence-corrected chi connectivity index (χ3v) is 3.43. The van der Waals surface area contributed by atoms with Gasteiger partial charge >= 0.3 is 0 Å². The van der Waals surface area contributed by atoms with Crippen LogP contribution < -0.4 is 0 Å².